The summed E-state index contributed by atoms with van der Waals surface area (Å²) in [5.41, 5.74) is 0.725. The third kappa shape index (κ3) is 6.06. The molecule has 1 rings (SSSR count). The number of unbranched alkanes of at least 4 members (excludes halogenated alkanes) is 1. The summed E-state index contributed by atoms with van der Waals surface area (Å²) in [5.74, 6) is -0.980. The third-order valence-corrected chi connectivity index (χ3v) is 3.20. The molecule has 0 unspecified atom stereocenters. The van der Waals surface area contributed by atoms with Gasteiger partial charge in [0.2, 0.25) is 0 Å². The van der Waals surface area contributed by atoms with Crippen LogP contribution in [0.5, 0.6) is 0 Å². The number of carboxylic acid groups (broad SMARTS) is 1. The molecule has 0 radical (unpaired) electrons. The van der Waals surface area contributed by atoms with Gasteiger partial charge in [-0.15, -0.1) is 0 Å². The summed E-state index contributed by atoms with van der Waals surface area (Å²) in [4.78, 5) is 22.5. The lowest BCUT2D eigenvalue weighted by Gasteiger charge is -2.17. The average Bonchev–Trinajstić information content (AvgIpc) is 2.38. The summed E-state index contributed by atoms with van der Waals surface area (Å²) in [6.45, 7) is 2.33. The van der Waals surface area contributed by atoms with Crippen molar-refractivity contribution in [2.24, 2.45) is 0 Å². The SMILES string of the molecule is CCCCOC(=O)N[C@@H](CC(=O)O)c1ccc(Br)cc1. The van der Waals surface area contributed by atoms with Gasteiger partial charge in [0.15, 0.2) is 0 Å². The van der Waals surface area contributed by atoms with Crippen molar-refractivity contribution in [3.63, 3.8) is 0 Å². The maximum Gasteiger partial charge on any atom is 0.407 e. The minimum Gasteiger partial charge on any atom is -0.481 e. The molecule has 0 fully saturated rings. The lowest BCUT2D eigenvalue weighted by Crippen LogP contribution is -2.31. The van der Waals surface area contributed by atoms with Crippen LogP contribution >= 0.6 is 15.9 Å². The zero-order valence-corrected chi connectivity index (χ0v) is 12.9. The third-order valence-electron chi connectivity index (χ3n) is 2.67. The quantitative estimate of drug-likeness (QED) is 0.743. The second kappa shape index (κ2) is 8.58. The van der Waals surface area contributed by atoms with Gasteiger partial charge < -0.3 is 15.2 Å². The smallest absolute Gasteiger partial charge is 0.407 e. The first-order valence-corrected chi connectivity index (χ1v) is 7.22. The van der Waals surface area contributed by atoms with E-state index in [1.165, 1.54) is 0 Å². The molecule has 1 atom stereocenters. The van der Waals surface area contributed by atoms with Crippen molar-refractivity contribution in [1.82, 2.24) is 5.32 Å². The van der Waals surface area contributed by atoms with E-state index in [0.29, 0.717) is 6.61 Å². The fraction of sp³-hybridized carbons (Fsp3) is 0.429. The molecule has 110 valence electrons. The molecule has 0 spiro atoms. The maximum atomic E-state index is 11.6. The van der Waals surface area contributed by atoms with Crippen molar-refractivity contribution in [1.29, 1.82) is 0 Å². The van der Waals surface area contributed by atoms with Crippen LogP contribution in [-0.4, -0.2) is 23.8 Å². The Hall–Kier alpha value is -1.56. The first-order valence-electron chi connectivity index (χ1n) is 6.43. The first-order chi connectivity index (χ1) is 9.52. The number of halogens is 1. The van der Waals surface area contributed by atoms with E-state index < -0.39 is 18.1 Å². The van der Waals surface area contributed by atoms with Crippen molar-refractivity contribution < 1.29 is 19.4 Å². The van der Waals surface area contributed by atoms with Crippen LogP contribution in [0.25, 0.3) is 0 Å². The monoisotopic (exact) mass is 343 g/mol. The number of carbonyl (C=O) groups excluding carboxylic acids is 1. The largest absolute Gasteiger partial charge is 0.481 e. The van der Waals surface area contributed by atoms with E-state index in [4.69, 9.17) is 9.84 Å². The molecule has 0 saturated carbocycles. The number of ether oxygens (including phenoxy) is 1. The van der Waals surface area contributed by atoms with Crippen LogP contribution in [0.15, 0.2) is 28.7 Å². The lowest BCUT2D eigenvalue weighted by molar-refractivity contribution is -0.137. The van der Waals surface area contributed by atoms with Gasteiger partial charge in [0.25, 0.3) is 0 Å². The number of benzene rings is 1. The highest BCUT2D eigenvalue weighted by molar-refractivity contribution is 9.10. The highest BCUT2D eigenvalue weighted by Gasteiger charge is 2.18. The van der Waals surface area contributed by atoms with Crippen LogP contribution in [0.1, 0.15) is 37.8 Å². The van der Waals surface area contributed by atoms with E-state index in [1.807, 2.05) is 6.92 Å². The first kappa shape index (κ1) is 16.5. The van der Waals surface area contributed by atoms with Crippen LogP contribution in [0.4, 0.5) is 4.79 Å². The fourth-order valence-electron chi connectivity index (χ4n) is 1.62. The van der Waals surface area contributed by atoms with E-state index in [0.717, 1.165) is 22.9 Å². The number of alkyl carbamates (subject to hydrolysis) is 1. The van der Waals surface area contributed by atoms with E-state index in [9.17, 15) is 9.59 Å². The van der Waals surface area contributed by atoms with Gasteiger partial charge in [-0.05, 0) is 24.1 Å². The number of aliphatic carboxylic acids is 1. The number of rotatable bonds is 7. The molecule has 0 heterocycles. The molecule has 6 heteroatoms. The molecule has 1 amide bonds. The average molecular weight is 344 g/mol. The van der Waals surface area contributed by atoms with Crippen LogP contribution in [0.2, 0.25) is 0 Å². The molecule has 20 heavy (non-hydrogen) atoms. The van der Waals surface area contributed by atoms with Gasteiger partial charge in [0, 0.05) is 4.47 Å². The molecule has 0 aliphatic heterocycles. The molecule has 0 aromatic heterocycles. The van der Waals surface area contributed by atoms with Crippen molar-refractivity contribution in [2.75, 3.05) is 6.61 Å². The highest BCUT2D eigenvalue weighted by atomic mass is 79.9. The molecule has 0 aliphatic rings. The highest BCUT2D eigenvalue weighted by Crippen LogP contribution is 2.20. The van der Waals surface area contributed by atoms with Crippen LogP contribution in [-0.2, 0) is 9.53 Å². The van der Waals surface area contributed by atoms with Crippen molar-refractivity contribution in [2.45, 2.75) is 32.2 Å². The number of carbonyl (C=O) groups is 2. The van der Waals surface area contributed by atoms with Gasteiger partial charge in [0.05, 0.1) is 19.1 Å². The Kier molecular flexibility index (Phi) is 7.08. The van der Waals surface area contributed by atoms with E-state index >= 15 is 0 Å². The van der Waals surface area contributed by atoms with Gasteiger partial charge in [-0.2, -0.15) is 0 Å². The van der Waals surface area contributed by atoms with Gasteiger partial charge in [-0.25, -0.2) is 4.79 Å². The van der Waals surface area contributed by atoms with Gasteiger partial charge in [-0.1, -0.05) is 41.4 Å². The molecule has 0 saturated heterocycles. The summed E-state index contributed by atoms with van der Waals surface area (Å²) in [5, 5.41) is 11.5. The Morgan fingerprint density at radius 3 is 2.55 bits per heavy atom. The van der Waals surface area contributed by atoms with Crippen molar-refractivity contribution >= 4 is 28.0 Å². The van der Waals surface area contributed by atoms with E-state index in [-0.39, 0.29) is 6.42 Å². The Morgan fingerprint density at radius 2 is 2.00 bits per heavy atom. The minimum atomic E-state index is -0.980. The van der Waals surface area contributed by atoms with E-state index in [1.54, 1.807) is 24.3 Å². The molecule has 2 N–H and O–H groups in total. The number of hydrogen-bond donors (Lipinski definition) is 2. The predicted molar refractivity (Wildman–Crippen MR) is 78.5 cm³/mol. The van der Waals surface area contributed by atoms with Crippen LogP contribution in [0.3, 0.4) is 0 Å². The van der Waals surface area contributed by atoms with Gasteiger partial charge in [0.1, 0.15) is 0 Å². The summed E-state index contributed by atoms with van der Waals surface area (Å²) in [6, 6.07) is 6.53. The van der Waals surface area contributed by atoms with Crippen LogP contribution in [0, 0.1) is 0 Å². The summed E-state index contributed by atoms with van der Waals surface area (Å²) in [7, 11) is 0. The molecule has 0 aliphatic carbocycles. The lowest BCUT2D eigenvalue weighted by atomic mass is 10.0. The number of nitrogens with one attached hydrogen (secondary N) is 1. The second-order valence-electron chi connectivity index (χ2n) is 4.34. The molecule has 0 bridgehead atoms. The van der Waals surface area contributed by atoms with Gasteiger partial charge in [-0.3, -0.25) is 4.79 Å². The Bertz CT molecular complexity index is 447. The summed E-state index contributed by atoms with van der Waals surface area (Å²) < 4.78 is 5.88. The Balaban J connectivity index is 2.67. The minimum absolute atomic E-state index is 0.190. The zero-order valence-electron chi connectivity index (χ0n) is 11.3. The van der Waals surface area contributed by atoms with Gasteiger partial charge >= 0.3 is 12.1 Å². The molecular weight excluding hydrogens is 326 g/mol. The summed E-state index contributed by atoms with van der Waals surface area (Å²) in [6.07, 6.45) is 0.936. The number of hydrogen-bond acceptors (Lipinski definition) is 3. The normalized spacial score (nSPS) is 11.7. The van der Waals surface area contributed by atoms with Crippen LogP contribution < -0.4 is 5.32 Å². The predicted octanol–water partition coefficient (Wildman–Crippen LogP) is 3.49. The molecular formula is C14H18BrNO4. The number of amides is 1. The van der Waals surface area contributed by atoms with Crippen molar-refractivity contribution in [3.05, 3.63) is 34.3 Å². The Labute approximate surface area is 126 Å². The van der Waals surface area contributed by atoms with Crippen molar-refractivity contribution in [3.8, 4) is 0 Å². The molecule has 1 aromatic carbocycles. The fourth-order valence-corrected chi connectivity index (χ4v) is 1.88. The maximum absolute atomic E-state index is 11.6. The van der Waals surface area contributed by atoms with E-state index in [2.05, 4.69) is 21.2 Å². The molecule has 5 nitrogen and oxygen atoms in total. The number of carboxylic acids is 1. The molecule has 1 aromatic rings. The Morgan fingerprint density at radius 1 is 1.35 bits per heavy atom. The summed E-state index contributed by atoms with van der Waals surface area (Å²) >= 11 is 3.31. The zero-order chi connectivity index (χ0) is 15.0. The second-order valence-corrected chi connectivity index (χ2v) is 5.25. The topological polar surface area (TPSA) is 75.6 Å². The standard InChI is InChI=1S/C14H18BrNO4/c1-2-3-8-20-14(19)16-12(9-13(17)18)10-4-6-11(15)7-5-10/h4-7,12H,2-3,8-9H2,1H3,(H,16,19)(H,17,18)/t12-/m0/s1.